The molecule has 4 aromatic rings. The molecule has 8 heteroatoms. The number of nitrogen functional groups attached to an aromatic ring is 1. The molecule has 3 heterocycles. The highest BCUT2D eigenvalue weighted by Gasteiger charge is 2.16. The number of carbonyl (C=O) groups excluding carboxylic acids is 1. The highest BCUT2D eigenvalue weighted by atomic mass is 35.5. The minimum Gasteiger partial charge on any atom is -0.383 e. The summed E-state index contributed by atoms with van der Waals surface area (Å²) in [5, 5.41) is 5.36. The number of rotatable bonds is 4. The van der Waals surface area contributed by atoms with Crippen molar-refractivity contribution < 1.29 is 4.79 Å². The van der Waals surface area contributed by atoms with Crippen LogP contribution in [0, 0.1) is 18.8 Å². The lowest BCUT2D eigenvalue weighted by atomic mass is 10.1. The lowest BCUT2D eigenvalue weighted by Crippen LogP contribution is -2.43. The summed E-state index contributed by atoms with van der Waals surface area (Å²) in [6.45, 7) is 6.80. The topological polar surface area (TPSA) is 87.4 Å². The van der Waals surface area contributed by atoms with Crippen molar-refractivity contribution in [2.45, 2.75) is 13.5 Å². The van der Waals surface area contributed by atoms with Crippen LogP contribution in [-0.4, -0.2) is 58.9 Å². The fraction of sp³-hybridized carbons (Fsp3) is 0.233. The molecule has 3 N–H and O–H groups in total. The zero-order valence-electron chi connectivity index (χ0n) is 21.5. The molecule has 1 amide bonds. The quantitative estimate of drug-likeness (QED) is 0.380. The number of halogens is 1. The van der Waals surface area contributed by atoms with Gasteiger partial charge in [0.2, 0.25) is 0 Å². The van der Waals surface area contributed by atoms with Gasteiger partial charge in [-0.3, -0.25) is 14.7 Å². The predicted octanol–water partition coefficient (Wildman–Crippen LogP) is 4.57. The number of pyridine rings is 2. The number of piperazine rings is 1. The summed E-state index contributed by atoms with van der Waals surface area (Å²) in [5.74, 6) is 6.52. The smallest absolute Gasteiger partial charge is 0.257 e. The van der Waals surface area contributed by atoms with E-state index in [1.807, 2.05) is 43.3 Å². The second kappa shape index (κ2) is 11.2. The van der Waals surface area contributed by atoms with Crippen LogP contribution in [0.3, 0.4) is 0 Å². The Morgan fingerprint density at radius 1 is 1.00 bits per heavy atom. The van der Waals surface area contributed by atoms with E-state index in [1.165, 1.54) is 0 Å². The summed E-state index contributed by atoms with van der Waals surface area (Å²) in [6.07, 6.45) is 3.22. The molecular formula is C30H29ClN6O. The highest BCUT2D eigenvalue weighted by Crippen LogP contribution is 2.24. The molecule has 2 aromatic carbocycles. The summed E-state index contributed by atoms with van der Waals surface area (Å²) >= 11 is 6.57. The Kier molecular flexibility index (Phi) is 7.57. The number of hydrogen-bond acceptors (Lipinski definition) is 6. The van der Waals surface area contributed by atoms with Crippen LogP contribution in [0.4, 0.5) is 11.5 Å². The van der Waals surface area contributed by atoms with Crippen molar-refractivity contribution in [3.63, 3.8) is 0 Å². The monoisotopic (exact) mass is 524 g/mol. The van der Waals surface area contributed by atoms with Crippen LogP contribution in [0.2, 0.25) is 5.02 Å². The lowest BCUT2D eigenvalue weighted by Gasteiger charge is -2.32. The average Bonchev–Trinajstić information content (AvgIpc) is 2.92. The largest absolute Gasteiger partial charge is 0.383 e. The van der Waals surface area contributed by atoms with E-state index in [-0.39, 0.29) is 5.91 Å². The van der Waals surface area contributed by atoms with Crippen LogP contribution in [0.15, 0.2) is 60.9 Å². The number of aryl methyl sites for hydroxylation is 1. The van der Waals surface area contributed by atoms with Crippen molar-refractivity contribution in [1.29, 1.82) is 0 Å². The van der Waals surface area contributed by atoms with Crippen LogP contribution in [-0.2, 0) is 6.54 Å². The third kappa shape index (κ3) is 5.79. The van der Waals surface area contributed by atoms with E-state index in [2.05, 4.69) is 44.0 Å². The molecule has 0 unspecified atom stereocenters. The van der Waals surface area contributed by atoms with E-state index in [0.29, 0.717) is 27.7 Å². The van der Waals surface area contributed by atoms with E-state index >= 15 is 0 Å². The molecule has 0 aliphatic carbocycles. The minimum atomic E-state index is -0.275. The first-order valence-corrected chi connectivity index (χ1v) is 12.9. The van der Waals surface area contributed by atoms with Gasteiger partial charge in [-0.2, -0.15) is 0 Å². The van der Waals surface area contributed by atoms with Gasteiger partial charge in [-0.05, 0) is 37.7 Å². The summed E-state index contributed by atoms with van der Waals surface area (Å²) < 4.78 is 0. The zero-order valence-corrected chi connectivity index (χ0v) is 22.2. The maximum atomic E-state index is 13.0. The first kappa shape index (κ1) is 25.7. The normalized spacial score (nSPS) is 14.2. The van der Waals surface area contributed by atoms with Gasteiger partial charge in [0.25, 0.3) is 5.91 Å². The van der Waals surface area contributed by atoms with E-state index in [4.69, 9.17) is 17.3 Å². The van der Waals surface area contributed by atoms with Gasteiger partial charge in [-0.25, -0.2) is 4.98 Å². The van der Waals surface area contributed by atoms with Crippen LogP contribution in [0.5, 0.6) is 0 Å². The predicted molar refractivity (Wildman–Crippen MR) is 153 cm³/mol. The van der Waals surface area contributed by atoms with Crippen LogP contribution < -0.4 is 11.1 Å². The number of carbonyl (C=O) groups is 1. The summed E-state index contributed by atoms with van der Waals surface area (Å²) in [7, 11) is 2.14. The van der Waals surface area contributed by atoms with E-state index < -0.39 is 0 Å². The number of hydrogen-bond donors (Lipinski definition) is 2. The summed E-state index contributed by atoms with van der Waals surface area (Å²) in [4.78, 5) is 26.4. The number of benzene rings is 2. The van der Waals surface area contributed by atoms with Gasteiger partial charge < -0.3 is 16.0 Å². The maximum Gasteiger partial charge on any atom is 0.257 e. The lowest BCUT2D eigenvalue weighted by molar-refractivity contribution is 0.102. The molecular weight excluding hydrogens is 496 g/mol. The van der Waals surface area contributed by atoms with Gasteiger partial charge in [-0.1, -0.05) is 53.8 Å². The minimum absolute atomic E-state index is 0.275. The number of amides is 1. The third-order valence-electron chi connectivity index (χ3n) is 6.81. The van der Waals surface area contributed by atoms with Gasteiger partial charge in [-0.15, -0.1) is 0 Å². The number of aromatic nitrogens is 2. The number of likely N-dealkylation sites (N-methyl/N-ethyl adjacent to an activating group) is 1. The van der Waals surface area contributed by atoms with E-state index in [9.17, 15) is 4.79 Å². The number of anilines is 2. The number of nitrogens with two attached hydrogens (primary N) is 1. The highest BCUT2D eigenvalue weighted by molar-refractivity contribution is 6.31. The van der Waals surface area contributed by atoms with Crippen LogP contribution in [0.1, 0.15) is 32.7 Å². The Balaban J connectivity index is 1.31. The van der Waals surface area contributed by atoms with Crippen molar-refractivity contribution in [3.8, 4) is 11.8 Å². The molecule has 0 bridgehead atoms. The Morgan fingerprint density at radius 2 is 1.74 bits per heavy atom. The molecule has 1 aliphatic rings. The summed E-state index contributed by atoms with van der Waals surface area (Å²) in [5.41, 5.74) is 10.3. The van der Waals surface area contributed by atoms with Crippen molar-refractivity contribution in [2.24, 2.45) is 0 Å². The molecule has 7 nitrogen and oxygen atoms in total. The Labute approximate surface area is 227 Å². The van der Waals surface area contributed by atoms with Gasteiger partial charge in [0.15, 0.2) is 0 Å². The molecule has 192 valence electrons. The second-order valence-electron chi connectivity index (χ2n) is 9.55. The average molecular weight is 525 g/mol. The number of nitrogens with one attached hydrogen (secondary N) is 1. The number of nitrogens with zero attached hydrogens (tertiary/aromatic N) is 4. The van der Waals surface area contributed by atoms with Crippen molar-refractivity contribution >= 4 is 39.8 Å². The van der Waals surface area contributed by atoms with Crippen molar-refractivity contribution in [3.05, 3.63) is 93.9 Å². The van der Waals surface area contributed by atoms with E-state index in [1.54, 1.807) is 24.5 Å². The molecule has 0 spiro atoms. The van der Waals surface area contributed by atoms with Crippen LogP contribution in [0.25, 0.3) is 10.8 Å². The maximum absolute atomic E-state index is 13.0. The Hall–Kier alpha value is -3.96. The first-order chi connectivity index (χ1) is 18.4. The second-order valence-corrected chi connectivity index (χ2v) is 9.96. The third-order valence-corrected chi connectivity index (χ3v) is 7.16. The molecule has 38 heavy (non-hydrogen) atoms. The standard InChI is InChI=1S/C30H29ClN6O/c1-20-21(7-8-22-17-34-29(32)27-6-4-3-5-26(22)27)15-24(18-33-20)30(38)35-25-10-9-23(28(31)16-25)19-37-13-11-36(2)12-14-37/h3-6,9-10,15-18H,11-14,19H2,1-2H3,(H2,32,34)(H,35,38). The van der Waals surface area contributed by atoms with Gasteiger partial charge in [0, 0.05) is 72.2 Å². The van der Waals surface area contributed by atoms with Gasteiger partial charge >= 0.3 is 0 Å². The van der Waals surface area contributed by atoms with Crippen LogP contribution >= 0.6 is 11.6 Å². The molecule has 1 saturated heterocycles. The van der Waals surface area contributed by atoms with E-state index in [0.717, 1.165) is 60.3 Å². The molecule has 0 atom stereocenters. The molecule has 1 aliphatic heterocycles. The molecule has 0 radical (unpaired) electrons. The molecule has 2 aromatic heterocycles. The fourth-order valence-corrected chi connectivity index (χ4v) is 4.68. The SMILES string of the molecule is Cc1ncc(C(=O)Nc2ccc(CN3CCN(C)CC3)c(Cl)c2)cc1C#Cc1cnc(N)c2ccccc12. The molecule has 1 fully saturated rings. The summed E-state index contributed by atoms with van der Waals surface area (Å²) in [6, 6.07) is 15.2. The van der Waals surface area contributed by atoms with Crippen molar-refractivity contribution in [2.75, 3.05) is 44.3 Å². The number of fused-ring (bicyclic) bond motifs is 1. The first-order valence-electron chi connectivity index (χ1n) is 12.5. The molecule has 5 rings (SSSR count). The Bertz CT molecular complexity index is 1570. The zero-order chi connectivity index (χ0) is 26.6. The Morgan fingerprint density at radius 3 is 2.50 bits per heavy atom. The van der Waals surface area contributed by atoms with Gasteiger partial charge in [0.05, 0.1) is 16.8 Å². The van der Waals surface area contributed by atoms with Crippen molar-refractivity contribution in [1.82, 2.24) is 19.8 Å². The van der Waals surface area contributed by atoms with Gasteiger partial charge in [0.1, 0.15) is 5.82 Å². The fourth-order valence-electron chi connectivity index (χ4n) is 4.44. The molecule has 0 saturated carbocycles.